The molecule has 0 radical (unpaired) electrons. The predicted octanol–water partition coefficient (Wildman–Crippen LogP) is 7.05. The molecular weight excluding hydrogens is 846 g/mol. The first-order valence-corrected chi connectivity index (χ1v) is 18.6. The standard InChI is InChI=1S/C15H12F2N4O3.C14H7ClF3NO5.C5H12NO4P/c1-8(13-12(14(22)23)3-2-4-18-13)20-21-15(24)19-11-6-9(16)5-10(17)7-11;15-10-5-7(14(16,17)18)1-4-12(10)24-8-2-3-11(19(22)23)9(6-8)13(20)21;1-11(9,10)3-2-4(6)5(7)8/h2-7H,1H3,(H,22,23)(H2,19,21,24);1-6H,(H,20,21);4H,2-3,6H2,1H3,(H,7,8)(H,9,10)/b20-8+;;. The first-order chi connectivity index (χ1) is 27.3. The summed E-state index contributed by atoms with van der Waals surface area (Å²) in [6.07, 6.45) is -3.19. The summed E-state index contributed by atoms with van der Waals surface area (Å²) in [6.45, 7) is 2.64. The van der Waals surface area contributed by atoms with Gasteiger partial charge in [-0.3, -0.25) is 24.5 Å². The third kappa shape index (κ3) is 16.5. The molecule has 0 saturated heterocycles. The molecule has 8 N–H and O–H groups in total. The van der Waals surface area contributed by atoms with Gasteiger partial charge in [-0.25, -0.2) is 28.6 Å². The molecule has 0 fully saturated rings. The zero-order valence-electron chi connectivity index (χ0n) is 30.1. The highest BCUT2D eigenvalue weighted by Gasteiger charge is 2.31. The molecule has 0 spiro atoms. The molecule has 316 valence electrons. The number of hydrogen-bond donors (Lipinski definition) is 7. The van der Waals surface area contributed by atoms with Crippen LogP contribution in [0.3, 0.4) is 0 Å². The van der Waals surface area contributed by atoms with Crippen molar-refractivity contribution in [3.63, 3.8) is 0 Å². The van der Waals surface area contributed by atoms with E-state index in [0.717, 1.165) is 42.5 Å². The number of alkyl halides is 3. The van der Waals surface area contributed by atoms with Gasteiger partial charge in [0.1, 0.15) is 40.4 Å². The Balaban J connectivity index is 0.000000327. The Morgan fingerprint density at radius 3 is 2.12 bits per heavy atom. The number of ether oxygens (including phenoxy) is 1. The quantitative estimate of drug-likeness (QED) is 0.0247. The molecule has 1 aromatic heterocycles. The van der Waals surface area contributed by atoms with Gasteiger partial charge in [-0.2, -0.15) is 18.3 Å². The van der Waals surface area contributed by atoms with E-state index >= 15 is 0 Å². The number of aliphatic carboxylic acids is 1. The number of hydrogen-bond acceptors (Lipinski definition) is 11. The molecule has 2 unspecified atom stereocenters. The fourth-order valence-electron chi connectivity index (χ4n) is 4.14. The van der Waals surface area contributed by atoms with Gasteiger partial charge in [0.2, 0.25) is 0 Å². The summed E-state index contributed by atoms with van der Waals surface area (Å²) in [7, 11) is -3.10. The van der Waals surface area contributed by atoms with E-state index in [2.05, 4.69) is 20.8 Å². The van der Waals surface area contributed by atoms with Crippen LogP contribution in [-0.4, -0.2) is 78.6 Å². The molecule has 4 rings (SSSR count). The topological polar surface area (TPSA) is 294 Å². The van der Waals surface area contributed by atoms with Gasteiger partial charge in [0, 0.05) is 42.9 Å². The second-order valence-corrected chi connectivity index (χ2v) is 14.6. The van der Waals surface area contributed by atoms with Gasteiger partial charge < -0.3 is 36.0 Å². The molecule has 25 heteroatoms. The van der Waals surface area contributed by atoms with Crippen LogP contribution in [0, 0.1) is 21.7 Å². The van der Waals surface area contributed by atoms with Gasteiger partial charge in [0.05, 0.1) is 26.8 Å². The average Bonchev–Trinajstić information content (AvgIpc) is 3.12. The number of nitrogens with zero attached hydrogens (tertiary/aromatic N) is 3. The highest BCUT2D eigenvalue weighted by molar-refractivity contribution is 7.57. The maximum absolute atomic E-state index is 13.0. The van der Waals surface area contributed by atoms with E-state index < -0.39 is 76.9 Å². The summed E-state index contributed by atoms with van der Waals surface area (Å²) < 4.78 is 79.6. The number of aromatic nitrogens is 1. The number of hydrazone groups is 1. The number of nitrogens with two attached hydrogens (primary N) is 1. The SMILES string of the molecule is C/C(=N\NC(=O)Nc1cc(F)cc(F)c1)c1ncccc1C(=O)O.CP(=O)(O)CCC(N)C(=O)O.O=C(O)c1cc(Oc2ccc(C(F)(F)F)cc2Cl)ccc1[N+](=O)[O-]. The summed E-state index contributed by atoms with van der Waals surface area (Å²) in [6, 6.07) is 8.71. The van der Waals surface area contributed by atoms with Crippen molar-refractivity contribution in [2.75, 3.05) is 18.1 Å². The lowest BCUT2D eigenvalue weighted by Crippen LogP contribution is -2.30. The number of aromatic carboxylic acids is 2. The van der Waals surface area contributed by atoms with Crippen LogP contribution in [0.1, 0.15) is 45.3 Å². The lowest BCUT2D eigenvalue weighted by atomic mass is 10.1. The average molecular weight is 877 g/mol. The molecule has 1 heterocycles. The van der Waals surface area contributed by atoms with Crippen LogP contribution < -0.4 is 21.2 Å². The Labute approximate surface area is 333 Å². The van der Waals surface area contributed by atoms with Crippen molar-refractivity contribution < 1.29 is 75.6 Å². The van der Waals surface area contributed by atoms with Gasteiger partial charge in [0.25, 0.3) is 5.69 Å². The summed E-state index contributed by atoms with van der Waals surface area (Å²) in [5, 5.41) is 42.7. The van der Waals surface area contributed by atoms with E-state index in [-0.39, 0.29) is 51.8 Å². The number of carbonyl (C=O) groups excluding carboxylic acids is 1. The van der Waals surface area contributed by atoms with E-state index in [1.165, 1.54) is 31.9 Å². The molecular formula is C34H31ClF5N6O12P. The number of nitro groups is 1. The first kappa shape index (κ1) is 48.6. The molecule has 4 aromatic rings. The predicted molar refractivity (Wildman–Crippen MR) is 199 cm³/mol. The zero-order valence-corrected chi connectivity index (χ0v) is 31.8. The van der Waals surface area contributed by atoms with Crippen molar-refractivity contribution in [3.8, 4) is 11.5 Å². The van der Waals surface area contributed by atoms with Crippen LogP contribution in [0.15, 0.2) is 78.0 Å². The Kier molecular flexibility index (Phi) is 17.5. The number of halogens is 6. The van der Waals surface area contributed by atoms with E-state index in [9.17, 15) is 55.8 Å². The van der Waals surface area contributed by atoms with Gasteiger partial charge in [-0.05, 0) is 61.9 Å². The minimum atomic E-state index is -4.58. The Morgan fingerprint density at radius 1 is 1.00 bits per heavy atom. The molecule has 0 aliphatic carbocycles. The summed E-state index contributed by atoms with van der Waals surface area (Å²) in [5.41, 5.74) is 5.00. The van der Waals surface area contributed by atoms with Gasteiger partial charge in [-0.15, -0.1) is 0 Å². The van der Waals surface area contributed by atoms with E-state index in [4.69, 9.17) is 42.3 Å². The van der Waals surface area contributed by atoms with Crippen molar-refractivity contribution in [2.24, 2.45) is 10.8 Å². The lowest BCUT2D eigenvalue weighted by Gasteiger charge is -2.11. The first-order valence-electron chi connectivity index (χ1n) is 15.9. The highest BCUT2D eigenvalue weighted by atomic mass is 35.5. The van der Waals surface area contributed by atoms with E-state index in [1.807, 2.05) is 0 Å². The van der Waals surface area contributed by atoms with Crippen LogP contribution in [0.4, 0.5) is 38.1 Å². The van der Waals surface area contributed by atoms with Gasteiger partial charge in [0.15, 0.2) is 7.37 Å². The smallest absolute Gasteiger partial charge is 0.416 e. The molecule has 18 nitrogen and oxygen atoms in total. The number of nitro benzene ring substituents is 1. The second kappa shape index (κ2) is 21.3. The number of carboxylic acids is 3. The van der Waals surface area contributed by atoms with Crippen molar-refractivity contribution >= 4 is 60.0 Å². The number of pyridine rings is 1. The number of nitrogens with one attached hydrogen (secondary N) is 2. The minimum absolute atomic E-state index is 0.0412. The number of benzene rings is 3. The molecule has 59 heavy (non-hydrogen) atoms. The van der Waals surface area contributed by atoms with Gasteiger partial charge >= 0.3 is 30.1 Å². The summed E-state index contributed by atoms with van der Waals surface area (Å²) >= 11 is 5.72. The van der Waals surface area contributed by atoms with Gasteiger partial charge in [-0.1, -0.05) is 11.6 Å². The van der Waals surface area contributed by atoms with Crippen LogP contribution in [0.25, 0.3) is 0 Å². The minimum Gasteiger partial charge on any atom is -0.480 e. The fourth-order valence-corrected chi connectivity index (χ4v) is 5.11. The maximum atomic E-state index is 13.0. The third-order valence-electron chi connectivity index (χ3n) is 6.88. The largest absolute Gasteiger partial charge is 0.480 e. The van der Waals surface area contributed by atoms with Crippen molar-refractivity contribution in [1.82, 2.24) is 10.4 Å². The Morgan fingerprint density at radius 2 is 1.61 bits per heavy atom. The third-order valence-corrected chi connectivity index (χ3v) is 8.26. The van der Waals surface area contributed by atoms with Crippen LogP contribution in [0.5, 0.6) is 11.5 Å². The van der Waals surface area contributed by atoms with E-state index in [0.29, 0.717) is 12.1 Å². The number of anilines is 1. The summed E-state index contributed by atoms with van der Waals surface area (Å²) in [4.78, 5) is 66.5. The molecule has 0 saturated carbocycles. The number of rotatable bonds is 12. The number of carboxylic acid groups (broad SMARTS) is 3. The highest BCUT2D eigenvalue weighted by Crippen LogP contribution is 2.37. The van der Waals surface area contributed by atoms with Crippen LogP contribution in [-0.2, 0) is 15.5 Å². The molecule has 0 bridgehead atoms. The van der Waals surface area contributed by atoms with Crippen molar-refractivity contribution in [1.29, 1.82) is 0 Å². The number of urea groups is 1. The molecule has 2 amide bonds. The zero-order chi connectivity index (χ0) is 44.8. The van der Waals surface area contributed by atoms with E-state index in [1.54, 1.807) is 0 Å². The fraction of sp³-hybridized carbons (Fsp3) is 0.176. The molecule has 3 aromatic carbocycles. The Bertz CT molecular complexity index is 2270. The number of amides is 2. The molecule has 0 aliphatic rings. The molecule has 2 atom stereocenters. The van der Waals surface area contributed by atoms with Crippen LogP contribution >= 0.6 is 19.0 Å². The lowest BCUT2D eigenvalue weighted by molar-refractivity contribution is -0.385. The monoisotopic (exact) mass is 876 g/mol. The molecule has 0 aliphatic heterocycles. The normalized spacial score (nSPS) is 12.5. The van der Waals surface area contributed by atoms with Crippen LogP contribution in [0.2, 0.25) is 5.02 Å². The number of carbonyl (C=O) groups is 4. The second-order valence-electron chi connectivity index (χ2n) is 11.6. The summed E-state index contributed by atoms with van der Waals surface area (Å²) in [5.74, 6) is -5.85. The van der Waals surface area contributed by atoms with Crippen molar-refractivity contribution in [2.45, 2.75) is 25.6 Å². The van der Waals surface area contributed by atoms with Crippen molar-refractivity contribution in [3.05, 3.63) is 122 Å². The maximum Gasteiger partial charge on any atom is 0.416 e. The Hall–Kier alpha value is -6.55.